The van der Waals surface area contributed by atoms with Crippen molar-refractivity contribution in [2.75, 3.05) is 0 Å². The highest BCUT2D eigenvalue weighted by molar-refractivity contribution is 5.29. The molecule has 0 aliphatic carbocycles. The van der Waals surface area contributed by atoms with Crippen molar-refractivity contribution in [3.8, 4) is 0 Å². The SMILES string of the molecule is CCc1c[nH]cc([N+](=O)[O-])c1=O. The van der Waals surface area contributed by atoms with E-state index in [0.717, 1.165) is 6.20 Å². The molecule has 0 radical (unpaired) electrons. The summed E-state index contributed by atoms with van der Waals surface area (Å²) in [6, 6.07) is 0. The molecule has 0 unspecified atom stereocenters. The van der Waals surface area contributed by atoms with E-state index < -0.39 is 16.0 Å². The first-order valence-corrected chi connectivity index (χ1v) is 3.51. The highest BCUT2D eigenvalue weighted by Crippen LogP contribution is 2.02. The second kappa shape index (κ2) is 3.17. The lowest BCUT2D eigenvalue weighted by atomic mass is 10.2. The number of rotatable bonds is 2. The predicted octanol–water partition coefficient (Wildman–Crippen LogP) is 0.845. The Labute approximate surface area is 68.2 Å². The Bertz CT molecular complexity index is 356. The van der Waals surface area contributed by atoms with Gasteiger partial charge in [-0.3, -0.25) is 14.9 Å². The monoisotopic (exact) mass is 168 g/mol. The molecular weight excluding hydrogens is 160 g/mol. The van der Waals surface area contributed by atoms with Crippen LogP contribution in [0.4, 0.5) is 5.69 Å². The first kappa shape index (κ1) is 8.45. The third-order valence-electron chi connectivity index (χ3n) is 1.58. The van der Waals surface area contributed by atoms with Gasteiger partial charge in [-0.05, 0) is 6.42 Å². The van der Waals surface area contributed by atoms with E-state index >= 15 is 0 Å². The van der Waals surface area contributed by atoms with Crippen LogP contribution in [0.2, 0.25) is 0 Å². The van der Waals surface area contributed by atoms with Gasteiger partial charge >= 0.3 is 5.69 Å². The minimum absolute atomic E-state index is 0.394. The first-order valence-electron chi connectivity index (χ1n) is 3.51. The molecule has 0 aliphatic rings. The van der Waals surface area contributed by atoms with E-state index in [4.69, 9.17) is 0 Å². The van der Waals surface area contributed by atoms with E-state index in [-0.39, 0.29) is 0 Å². The molecule has 1 aromatic heterocycles. The fraction of sp³-hybridized carbons (Fsp3) is 0.286. The molecule has 0 bridgehead atoms. The van der Waals surface area contributed by atoms with Crippen molar-refractivity contribution in [3.63, 3.8) is 0 Å². The minimum Gasteiger partial charge on any atom is -0.362 e. The molecule has 0 spiro atoms. The average molecular weight is 168 g/mol. The zero-order valence-electron chi connectivity index (χ0n) is 6.53. The van der Waals surface area contributed by atoms with E-state index in [0.29, 0.717) is 12.0 Å². The summed E-state index contributed by atoms with van der Waals surface area (Å²) >= 11 is 0. The molecule has 1 heterocycles. The van der Waals surface area contributed by atoms with Crippen LogP contribution in [0.25, 0.3) is 0 Å². The predicted molar refractivity (Wildman–Crippen MR) is 43.1 cm³/mol. The van der Waals surface area contributed by atoms with E-state index in [1.807, 2.05) is 0 Å². The van der Waals surface area contributed by atoms with Gasteiger partial charge in [-0.1, -0.05) is 6.92 Å². The van der Waals surface area contributed by atoms with Crippen molar-refractivity contribution in [2.24, 2.45) is 0 Å². The van der Waals surface area contributed by atoms with Crippen LogP contribution in [0.5, 0.6) is 0 Å². The number of hydrogen-bond donors (Lipinski definition) is 1. The summed E-state index contributed by atoms with van der Waals surface area (Å²) < 4.78 is 0. The molecule has 0 fully saturated rings. The van der Waals surface area contributed by atoms with Crippen LogP contribution >= 0.6 is 0 Å². The highest BCUT2D eigenvalue weighted by atomic mass is 16.6. The fourth-order valence-electron chi connectivity index (χ4n) is 0.915. The van der Waals surface area contributed by atoms with Crippen molar-refractivity contribution < 1.29 is 4.92 Å². The standard InChI is InChI=1S/C7H8N2O3/c1-2-5-3-8-4-6(7(5)10)9(11)12/h3-4H,2H2,1H3,(H,8,10). The largest absolute Gasteiger partial charge is 0.362 e. The molecule has 0 saturated carbocycles. The lowest BCUT2D eigenvalue weighted by Gasteiger charge is -1.93. The Morgan fingerprint density at radius 2 is 2.25 bits per heavy atom. The van der Waals surface area contributed by atoms with Gasteiger partial charge in [0.25, 0.3) is 5.43 Å². The molecule has 0 aromatic carbocycles. The Hall–Kier alpha value is -1.65. The van der Waals surface area contributed by atoms with Gasteiger partial charge in [0.2, 0.25) is 0 Å². The molecule has 0 amide bonds. The van der Waals surface area contributed by atoms with Gasteiger partial charge in [-0.15, -0.1) is 0 Å². The molecule has 64 valence electrons. The first-order chi connectivity index (χ1) is 5.66. The van der Waals surface area contributed by atoms with Crippen molar-refractivity contribution in [1.82, 2.24) is 4.98 Å². The maximum absolute atomic E-state index is 11.2. The van der Waals surface area contributed by atoms with Crippen molar-refractivity contribution in [1.29, 1.82) is 0 Å². The van der Waals surface area contributed by atoms with Crippen molar-refractivity contribution in [3.05, 3.63) is 38.3 Å². The molecule has 0 atom stereocenters. The summed E-state index contributed by atoms with van der Waals surface area (Å²) in [6.45, 7) is 1.77. The summed E-state index contributed by atoms with van der Waals surface area (Å²) in [5.74, 6) is 0. The van der Waals surface area contributed by atoms with Gasteiger partial charge < -0.3 is 4.98 Å². The summed E-state index contributed by atoms with van der Waals surface area (Å²) in [4.78, 5) is 23.3. The number of hydrogen-bond acceptors (Lipinski definition) is 3. The van der Waals surface area contributed by atoms with Crippen LogP contribution in [0.15, 0.2) is 17.2 Å². The van der Waals surface area contributed by atoms with Crippen LogP contribution in [0.3, 0.4) is 0 Å². The maximum atomic E-state index is 11.2. The summed E-state index contributed by atoms with van der Waals surface area (Å²) in [5.41, 5.74) is -0.459. The molecule has 5 nitrogen and oxygen atoms in total. The minimum atomic E-state index is -0.683. The smallest absolute Gasteiger partial charge is 0.332 e. The second-order valence-electron chi connectivity index (χ2n) is 2.31. The van der Waals surface area contributed by atoms with Crippen LogP contribution in [0.1, 0.15) is 12.5 Å². The van der Waals surface area contributed by atoms with Crippen LogP contribution in [-0.2, 0) is 6.42 Å². The lowest BCUT2D eigenvalue weighted by molar-refractivity contribution is -0.386. The number of nitrogens with zero attached hydrogens (tertiary/aromatic N) is 1. The number of aromatic nitrogens is 1. The second-order valence-corrected chi connectivity index (χ2v) is 2.31. The Morgan fingerprint density at radius 3 is 2.75 bits per heavy atom. The van der Waals surface area contributed by atoms with E-state index in [1.54, 1.807) is 6.92 Å². The Balaban J connectivity index is 3.33. The van der Waals surface area contributed by atoms with Gasteiger partial charge in [0.05, 0.1) is 11.1 Å². The highest BCUT2D eigenvalue weighted by Gasteiger charge is 2.12. The number of nitro groups is 1. The molecule has 1 N–H and O–H groups in total. The quantitative estimate of drug-likeness (QED) is 0.525. The third-order valence-corrected chi connectivity index (χ3v) is 1.58. The average Bonchev–Trinajstić information content (AvgIpc) is 2.04. The van der Waals surface area contributed by atoms with Gasteiger partial charge in [-0.2, -0.15) is 0 Å². The molecule has 0 saturated heterocycles. The lowest BCUT2D eigenvalue weighted by Crippen LogP contribution is -2.12. The molecule has 5 heteroatoms. The molecule has 12 heavy (non-hydrogen) atoms. The van der Waals surface area contributed by atoms with Gasteiger partial charge in [0, 0.05) is 11.8 Å². The number of pyridine rings is 1. The molecule has 1 rings (SSSR count). The topological polar surface area (TPSA) is 76.0 Å². The molecule has 1 aromatic rings. The van der Waals surface area contributed by atoms with E-state index in [9.17, 15) is 14.9 Å². The normalized spacial score (nSPS) is 9.75. The zero-order chi connectivity index (χ0) is 9.14. The Morgan fingerprint density at radius 1 is 1.58 bits per heavy atom. The number of aryl methyl sites for hydroxylation is 1. The van der Waals surface area contributed by atoms with E-state index in [2.05, 4.69) is 4.98 Å². The van der Waals surface area contributed by atoms with E-state index in [1.165, 1.54) is 6.20 Å². The number of nitrogens with one attached hydrogen (secondary N) is 1. The molecule has 0 aliphatic heterocycles. The summed E-state index contributed by atoms with van der Waals surface area (Å²) in [7, 11) is 0. The number of aromatic amines is 1. The van der Waals surface area contributed by atoms with Crippen LogP contribution in [0, 0.1) is 10.1 Å². The van der Waals surface area contributed by atoms with Crippen LogP contribution < -0.4 is 5.43 Å². The van der Waals surface area contributed by atoms with Gasteiger partial charge in [0.15, 0.2) is 0 Å². The Kier molecular flexibility index (Phi) is 2.23. The molecular formula is C7H8N2O3. The zero-order valence-corrected chi connectivity index (χ0v) is 6.53. The van der Waals surface area contributed by atoms with Gasteiger partial charge in [0.1, 0.15) is 0 Å². The summed E-state index contributed by atoms with van der Waals surface area (Å²) in [6.07, 6.45) is 3.08. The third kappa shape index (κ3) is 1.34. The maximum Gasteiger partial charge on any atom is 0.332 e. The van der Waals surface area contributed by atoms with Crippen molar-refractivity contribution >= 4 is 5.69 Å². The van der Waals surface area contributed by atoms with Crippen molar-refractivity contribution in [2.45, 2.75) is 13.3 Å². The number of H-pyrrole nitrogens is 1. The fourth-order valence-corrected chi connectivity index (χ4v) is 0.915. The summed E-state index contributed by atoms with van der Waals surface area (Å²) in [5, 5.41) is 10.3. The van der Waals surface area contributed by atoms with Gasteiger partial charge in [-0.25, -0.2) is 0 Å². The van der Waals surface area contributed by atoms with Crippen LogP contribution in [-0.4, -0.2) is 9.91 Å².